The lowest BCUT2D eigenvalue weighted by atomic mass is 10.2. The number of carbonyl (C=O) groups is 1. The van der Waals surface area contributed by atoms with Crippen LogP contribution in [0.3, 0.4) is 0 Å². The van der Waals surface area contributed by atoms with E-state index in [1.807, 2.05) is 13.0 Å². The third-order valence-corrected chi connectivity index (χ3v) is 2.48. The predicted octanol–water partition coefficient (Wildman–Crippen LogP) is 0.892. The minimum atomic E-state index is -0.239. The van der Waals surface area contributed by atoms with Crippen molar-refractivity contribution in [2.45, 2.75) is 19.4 Å². The van der Waals surface area contributed by atoms with Gasteiger partial charge in [0.1, 0.15) is 11.5 Å². The molecule has 1 aromatic heterocycles. The normalized spacial score (nSPS) is 11.4. The van der Waals surface area contributed by atoms with Crippen molar-refractivity contribution in [3.63, 3.8) is 0 Å². The van der Waals surface area contributed by atoms with Crippen LogP contribution in [0, 0.1) is 11.3 Å². The Morgan fingerprint density at radius 3 is 2.94 bits per heavy atom. The molecule has 6 heteroatoms. The minimum absolute atomic E-state index is 0.146. The SMILES string of the molecule is CNc1cncc(C(=O)N(C)C(C)CC#N)n1. The first-order chi connectivity index (χ1) is 8.10. The topological polar surface area (TPSA) is 81.9 Å². The van der Waals surface area contributed by atoms with Gasteiger partial charge in [-0.25, -0.2) is 4.98 Å². The summed E-state index contributed by atoms with van der Waals surface area (Å²) < 4.78 is 0. The van der Waals surface area contributed by atoms with E-state index in [1.54, 1.807) is 14.1 Å². The van der Waals surface area contributed by atoms with Crippen molar-refractivity contribution in [3.8, 4) is 6.07 Å². The van der Waals surface area contributed by atoms with Crippen molar-refractivity contribution in [1.82, 2.24) is 14.9 Å². The average molecular weight is 233 g/mol. The molecule has 0 aliphatic carbocycles. The lowest BCUT2D eigenvalue weighted by Gasteiger charge is -2.22. The lowest BCUT2D eigenvalue weighted by molar-refractivity contribution is 0.0740. The van der Waals surface area contributed by atoms with E-state index in [0.717, 1.165) is 0 Å². The highest BCUT2D eigenvalue weighted by atomic mass is 16.2. The molecule has 0 aliphatic rings. The number of hydrogen-bond donors (Lipinski definition) is 1. The second-order valence-electron chi connectivity index (χ2n) is 3.67. The van der Waals surface area contributed by atoms with E-state index in [0.29, 0.717) is 12.2 Å². The van der Waals surface area contributed by atoms with E-state index in [2.05, 4.69) is 15.3 Å². The van der Waals surface area contributed by atoms with Crippen molar-refractivity contribution in [2.24, 2.45) is 0 Å². The molecule has 6 nitrogen and oxygen atoms in total. The molecular weight excluding hydrogens is 218 g/mol. The molecule has 1 rings (SSSR count). The Balaban J connectivity index is 2.85. The standard InChI is InChI=1S/C11H15N5O/c1-8(4-5-12)16(3)11(17)9-6-14-7-10(13-2)15-9/h6-8H,4H2,1-3H3,(H,13,15). The van der Waals surface area contributed by atoms with Gasteiger partial charge >= 0.3 is 0 Å². The number of aromatic nitrogens is 2. The zero-order chi connectivity index (χ0) is 12.8. The zero-order valence-corrected chi connectivity index (χ0v) is 10.1. The predicted molar refractivity (Wildman–Crippen MR) is 63.4 cm³/mol. The second-order valence-corrected chi connectivity index (χ2v) is 3.67. The smallest absolute Gasteiger partial charge is 0.274 e. The molecule has 0 spiro atoms. The van der Waals surface area contributed by atoms with Crippen LogP contribution in [0.4, 0.5) is 5.82 Å². The summed E-state index contributed by atoms with van der Waals surface area (Å²) in [6.07, 6.45) is 3.25. The molecule has 0 radical (unpaired) electrons. The van der Waals surface area contributed by atoms with Crippen molar-refractivity contribution in [2.75, 3.05) is 19.4 Å². The lowest BCUT2D eigenvalue weighted by Crippen LogP contribution is -2.35. The Bertz CT molecular complexity index is 440. The number of nitrogens with one attached hydrogen (secondary N) is 1. The van der Waals surface area contributed by atoms with Gasteiger partial charge in [-0.15, -0.1) is 0 Å². The van der Waals surface area contributed by atoms with Crippen LogP contribution in [-0.2, 0) is 0 Å². The fourth-order valence-corrected chi connectivity index (χ4v) is 1.24. The molecule has 0 fully saturated rings. The molecule has 0 aliphatic heterocycles. The Labute approximate surface area is 100 Å². The van der Waals surface area contributed by atoms with E-state index < -0.39 is 0 Å². The highest BCUT2D eigenvalue weighted by molar-refractivity contribution is 5.92. The first kappa shape index (κ1) is 12.9. The van der Waals surface area contributed by atoms with Gasteiger partial charge in [-0.2, -0.15) is 5.26 Å². The summed E-state index contributed by atoms with van der Waals surface area (Å²) in [5.74, 6) is 0.300. The third-order valence-electron chi connectivity index (χ3n) is 2.48. The summed E-state index contributed by atoms with van der Waals surface area (Å²) in [6, 6.07) is 1.89. The zero-order valence-electron chi connectivity index (χ0n) is 10.1. The van der Waals surface area contributed by atoms with Gasteiger partial charge in [-0.1, -0.05) is 0 Å². The van der Waals surface area contributed by atoms with Crippen LogP contribution in [0.15, 0.2) is 12.4 Å². The highest BCUT2D eigenvalue weighted by Crippen LogP contribution is 2.08. The Morgan fingerprint density at radius 1 is 1.65 bits per heavy atom. The summed E-state index contributed by atoms with van der Waals surface area (Å²) >= 11 is 0. The van der Waals surface area contributed by atoms with Gasteiger partial charge in [0.15, 0.2) is 0 Å². The summed E-state index contributed by atoms with van der Waals surface area (Å²) in [7, 11) is 3.36. The molecule has 1 heterocycles. The van der Waals surface area contributed by atoms with E-state index in [-0.39, 0.29) is 17.6 Å². The number of amides is 1. The number of anilines is 1. The van der Waals surface area contributed by atoms with Crippen LogP contribution in [0.5, 0.6) is 0 Å². The Morgan fingerprint density at radius 2 is 2.35 bits per heavy atom. The molecule has 17 heavy (non-hydrogen) atoms. The number of rotatable bonds is 4. The minimum Gasteiger partial charge on any atom is -0.372 e. The van der Waals surface area contributed by atoms with Gasteiger partial charge in [-0.05, 0) is 6.92 Å². The van der Waals surface area contributed by atoms with Crippen LogP contribution < -0.4 is 5.32 Å². The molecule has 1 unspecified atom stereocenters. The molecule has 1 amide bonds. The van der Waals surface area contributed by atoms with Gasteiger partial charge in [0, 0.05) is 20.1 Å². The summed E-state index contributed by atoms with van der Waals surface area (Å²) in [5.41, 5.74) is 0.268. The fraction of sp³-hybridized carbons (Fsp3) is 0.455. The largest absolute Gasteiger partial charge is 0.372 e. The molecule has 1 N–H and O–H groups in total. The average Bonchev–Trinajstić information content (AvgIpc) is 2.37. The number of nitriles is 1. The van der Waals surface area contributed by atoms with Crippen molar-refractivity contribution in [3.05, 3.63) is 18.1 Å². The Hall–Kier alpha value is -2.16. The third kappa shape index (κ3) is 3.14. The maximum Gasteiger partial charge on any atom is 0.274 e. The first-order valence-electron chi connectivity index (χ1n) is 5.24. The van der Waals surface area contributed by atoms with Gasteiger partial charge in [0.05, 0.1) is 24.9 Å². The quantitative estimate of drug-likeness (QED) is 0.835. The van der Waals surface area contributed by atoms with Crippen molar-refractivity contribution < 1.29 is 4.79 Å². The van der Waals surface area contributed by atoms with Crippen LogP contribution in [-0.4, -0.2) is 40.9 Å². The first-order valence-corrected chi connectivity index (χ1v) is 5.24. The number of carbonyl (C=O) groups excluding carboxylic acids is 1. The van der Waals surface area contributed by atoms with Crippen LogP contribution in [0.2, 0.25) is 0 Å². The van der Waals surface area contributed by atoms with E-state index >= 15 is 0 Å². The van der Waals surface area contributed by atoms with Crippen LogP contribution in [0.1, 0.15) is 23.8 Å². The summed E-state index contributed by atoms with van der Waals surface area (Å²) in [6.45, 7) is 1.82. The molecule has 0 bridgehead atoms. The number of nitrogens with zero attached hydrogens (tertiary/aromatic N) is 4. The van der Waals surface area contributed by atoms with Crippen LogP contribution in [0.25, 0.3) is 0 Å². The van der Waals surface area contributed by atoms with Gasteiger partial charge in [0.2, 0.25) is 0 Å². The molecule has 1 atom stereocenters. The van der Waals surface area contributed by atoms with Crippen molar-refractivity contribution in [1.29, 1.82) is 5.26 Å². The van der Waals surface area contributed by atoms with E-state index in [9.17, 15) is 4.79 Å². The van der Waals surface area contributed by atoms with Gasteiger partial charge in [0.25, 0.3) is 5.91 Å². The van der Waals surface area contributed by atoms with Gasteiger partial charge in [-0.3, -0.25) is 9.78 Å². The fourth-order valence-electron chi connectivity index (χ4n) is 1.24. The molecule has 0 saturated carbocycles. The van der Waals surface area contributed by atoms with E-state index in [4.69, 9.17) is 5.26 Å². The monoisotopic (exact) mass is 233 g/mol. The summed E-state index contributed by atoms with van der Waals surface area (Å²) in [4.78, 5) is 21.5. The van der Waals surface area contributed by atoms with Crippen molar-refractivity contribution >= 4 is 11.7 Å². The van der Waals surface area contributed by atoms with E-state index in [1.165, 1.54) is 17.3 Å². The highest BCUT2D eigenvalue weighted by Gasteiger charge is 2.18. The number of hydrogen-bond acceptors (Lipinski definition) is 5. The molecule has 90 valence electrons. The molecule has 0 saturated heterocycles. The molecular formula is C11H15N5O. The maximum atomic E-state index is 12.0. The van der Waals surface area contributed by atoms with Gasteiger partial charge < -0.3 is 10.2 Å². The Kier molecular flexibility index (Phi) is 4.40. The maximum absolute atomic E-state index is 12.0. The molecule has 0 aromatic carbocycles. The van der Waals surface area contributed by atoms with Crippen LogP contribution >= 0.6 is 0 Å². The summed E-state index contributed by atoms with van der Waals surface area (Å²) in [5, 5.41) is 11.4. The second kappa shape index (κ2) is 5.80. The molecule has 1 aromatic rings.